The zero-order valence-electron chi connectivity index (χ0n) is 19.6. The summed E-state index contributed by atoms with van der Waals surface area (Å²) in [4.78, 5) is 28.5. The fourth-order valence-electron chi connectivity index (χ4n) is 5.12. The van der Waals surface area contributed by atoms with Gasteiger partial charge in [0.05, 0.1) is 36.4 Å². The van der Waals surface area contributed by atoms with E-state index < -0.39 is 17.3 Å². The highest BCUT2D eigenvalue weighted by molar-refractivity contribution is 6.30. The molecule has 1 heterocycles. The first-order chi connectivity index (χ1) is 17.1. The Kier molecular flexibility index (Phi) is 7.46. The maximum Gasteiger partial charge on any atom is 0.417 e. The summed E-state index contributed by atoms with van der Waals surface area (Å²) in [5.41, 5.74) is -0.0803. The highest BCUT2D eigenvalue weighted by Crippen LogP contribution is 2.37. The molecule has 1 aliphatic carbocycles. The first kappa shape index (κ1) is 25.8. The monoisotopic (exact) mass is 519 g/mol. The molecule has 4 rings (SSSR count). The number of carbonyl (C=O) groups excluding carboxylic acids is 2. The third kappa shape index (κ3) is 5.29. The molecule has 0 bridgehead atoms. The van der Waals surface area contributed by atoms with Crippen molar-refractivity contribution in [1.29, 1.82) is 5.26 Å². The highest BCUT2D eigenvalue weighted by atomic mass is 35.5. The summed E-state index contributed by atoms with van der Waals surface area (Å²) < 4.78 is 45.3. The lowest BCUT2D eigenvalue weighted by atomic mass is 9.81. The van der Waals surface area contributed by atoms with E-state index in [9.17, 15) is 28.0 Å². The molecule has 1 fully saturated rings. The van der Waals surface area contributed by atoms with E-state index in [-0.39, 0.29) is 35.9 Å². The number of anilines is 1. The Bertz CT molecular complexity index is 1200. The molecule has 0 atom stereocenters. The van der Waals surface area contributed by atoms with Gasteiger partial charge in [0.25, 0.3) is 0 Å². The lowest BCUT2D eigenvalue weighted by Crippen LogP contribution is -2.48. The molecule has 2 aromatic carbocycles. The Morgan fingerprint density at radius 2 is 1.92 bits per heavy atom. The molecule has 2 aliphatic rings. The average molecular weight is 520 g/mol. The summed E-state index contributed by atoms with van der Waals surface area (Å²) in [7, 11) is 1.38. The second-order valence-corrected chi connectivity index (χ2v) is 9.65. The zero-order valence-corrected chi connectivity index (χ0v) is 20.4. The van der Waals surface area contributed by atoms with E-state index in [1.165, 1.54) is 24.1 Å². The van der Waals surface area contributed by atoms with Crippen LogP contribution in [0.2, 0.25) is 5.02 Å². The quantitative estimate of drug-likeness (QED) is 0.444. The number of rotatable bonds is 5. The predicted octanol–water partition coefficient (Wildman–Crippen LogP) is 6.15. The van der Waals surface area contributed by atoms with Crippen LogP contribution in [0.4, 0.5) is 23.7 Å². The Labute approximate surface area is 212 Å². The summed E-state index contributed by atoms with van der Waals surface area (Å²) in [6.07, 6.45) is -1.80. The van der Waals surface area contributed by atoms with E-state index in [0.29, 0.717) is 36.6 Å². The van der Waals surface area contributed by atoms with Crippen molar-refractivity contribution in [3.8, 4) is 6.07 Å². The molecule has 0 radical (unpaired) electrons. The largest absolute Gasteiger partial charge is 0.469 e. The number of amides is 2. The van der Waals surface area contributed by atoms with E-state index in [1.807, 2.05) is 0 Å². The Morgan fingerprint density at radius 3 is 2.56 bits per heavy atom. The number of hydrogen-bond acceptors (Lipinski definition) is 4. The molecule has 0 N–H and O–H groups in total. The summed E-state index contributed by atoms with van der Waals surface area (Å²) in [6.45, 7) is 0.574. The van der Waals surface area contributed by atoms with Crippen LogP contribution in [0.25, 0.3) is 0 Å². The van der Waals surface area contributed by atoms with Gasteiger partial charge >= 0.3 is 18.2 Å². The summed E-state index contributed by atoms with van der Waals surface area (Å²) in [5, 5.41) is 10.0. The molecule has 1 aliphatic heterocycles. The fraction of sp³-hybridized carbons (Fsp3) is 0.423. The number of carbonyl (C=O) groups is 2. The molecule has 0 unspecified atom stereocenters. The molecule has 6 nitrogen and oxygen atoms in total. The number of ether oxygens (including phenoxy) is 1. The highest BCUT2D eigenvalue weighted by Gasteiger charge is 2.37. The SMILES string of the molecule is COC(=O)C1CCC(CN2Cc3cc(Cl)ccc3N(Cc3cccc(C(F)(F)F)c3C#N)C2=O)CC1. The van der Waals surface area contributed by atoms with Crippen LogP contribution >= 0.6 is 11.6 Å². The number of nitrogens with zero attached hydrogens (tertiary/aromatic N) is 3. The molecule has 1 saturated carbocycles. The van der Waals surface area contributed by atoms with Crippen molar-refractivity contribution in [2.75, 3.05) is 18.6 Å². The minimum atomic E-state index is -4.69. The molecular formula is C26H25ClF3N3O3. The van der Waals surface area contributed by atoms with Gasteiger partial charge in [-0.25, -0.2) is 4.79 Å². The molecule has 0 saturated heterocycles. The molecule has 0 aromatic heterocycles. The Balaban J connectivity index is 1.60. The number of alkyl halides is 3. The number of halogens is 4. The van der Waals surface area contributed by atoms with E-state index in [2.05, 4.69) is 0 Å². The van der Waals surface area contributed by atoms with Crippen molar-refractivity contribution >= 4 is 29.3 Å². The number of hydrogen-bond donors (Lipinski definition) is 0. The summed E-state index contributed by atoms with van der Waals surface area (Å²) in [5.74, 6) is -0.169. The first-order valence-electron chi connectivity index (χ1n) is 11.6. The van der Waals surface area contributed by atoms with Gasteiger partial charge in [-0.05, 0) is 67.0 Å². The van der Waals surface area contributed by atoms with Crippen molar-refractivity contribution in [1.82, 2.24) is 4.90 Å². The molecule has 190 valence electrons. The smallest absolute Gasteiger partial charge is 0.417 e. The molecule has 2 amide bonds. The van der Waals surface area contributed by atoms with Gasteiger partial charge in [0.2, 0.25) is 0 Å². The summed E-state index contributed by atoms with van der Waals surface area (Å²) >= 11 is 6.20. The van der Waals surface area contributed by atoms with Crippen LogP contribution in [-0.2, 0) is 28.8 Å². The van der Waals surface area contributed by atoms with Crippen molar-refractivity contribution in [3.63, 3.8) is 0 Å². The average Bonchev–Trinajstić information content (AvgIpc) is 2.85. The number of methoxy groups -OCH3 is 1. The van der Waals surface area contributed by atoms with E-state index in [0.717, 1.165) is 24.5 Å². The maximum absolute atomic E-state index is 13.6. The van der Waals surface area contributed by atoms with Crippen molar-refractivity contribution in [2.24, 2.45) is 11.8 Å². The van der Waals surface area contributed by atoms with Crippen LogP contribution in [0.15, 0.2) is 36.4 Å². The van der Waals surface area contributed by atoms with Gasteiger partial charge in [-0.2, -0.15) is 18.4 Å². The van der Waals surface area contributed by atoms with Gasteiger partial charge in [0, 0.05) is 18.1 Å². The number of benzene rings is 2. The number of urea groups is 1. The van der Waals surface area contributed by atoms with Gasteiger partial charge in [-0.1, -0.05) is 23.7 Å². The van der Waals surface area contributed by atoms with Crippen molar-refractivity contribution < 1.29 is 27.5 Å². The minimum absolute atomic E-state index is 0.113. The molecular weight excluding hydrogens is 495 g/mol. The minimum Gasteiger partial charge on any atom is -0.469 e. The van der Waals surface area contributed by atoms with Crippen LogP contribution in [0.3, 0.4) is 0 Å². The fourth-order valence-corrected chi connectivity index (χ4v) is 5.31. The molecule has 2 aromatic rings. The third-order valence-electron chi connectivity index (χ3n) is 6.95. The topological polar surface area (TPSA) is 73.6 Å². The Morgan fingerprint density at radius 1 is 1.19 bits per heavy atom. The van der Waals surface area contributed by atoms with Gasteiger partial charge in [-0.15, -0.1) is 0 Å². The number of esters is 1. The lowest BCUT2D eigenvalue weighted by Gasteiger charge is -2.40. The third-order valence-corrected chi connectivity index (χ3v) is 7.19. The maximum atomic E-state index is 13.6. The van der Waals surface area contributed by atoms with E-state index in [1.54, 1.807) is 29.2 Å². The standard InChI is InChI=1S/C26H25ClF3N3O3/c1-36-24(34)17-7-5-16(6-8-17)13-32-14-19-11-20(27)9-10-23(19)33(25(32)35)15-18-3-2-4-22(21(18)12-31)26(28,29)30/h2-4,9-11,16-17H,5-8,13-15H2,1H3. The van der Waals surface area contributed by atoms with E-state index >= 15 is 0 Å². The summed E-state index contributed by atoms with van der Waals surface area (Å²) in [6, 6.07) is 9.92. The van der Waals surface area contributed by atoms with Crippen LogP contribution in [-0.4, -0.2) is 30.6 Å². The normalized spacial score (nSPS) is 20.1. The van der Waals surface area contributed by atoms with Gasteiger partial charge < -0.3 is 9.64 Å². The zero-order chi connectivity index (χ0) is 26.0. The van der Waals surface area contributed by atoms with Crippen LogP contribution < -0.4 is 4.90 Å². The van der Waals surface area contributed by atoms with Crippen LogP contribution in [0.5, 0.6) is 0 Å². The van der Waals surface area contributed by atoms with Gasteiger partial charge in [0.1, 0.15) is 6.07 Å². The Hall–Kier alpha value is -3.25. The second-order valence-electron chi connectivity index (χ2n) is 9.21. The molecule has 36 heavy (non-hydrogen) atoms. The van der Waals surface area contributed by atoms with Crippen LogP contribution in [0, 0.1) is 23.2 Å². The molecule has 10 heteroatoms. The molecule has 0 spiro atoms. The van der Waals surface area contributed by atoms with Gasteiger partial charge in [-0.3, -0.25) is 9.69 Å². The lowest BCUT2D eigenvalue weighted by molar-refractivity contribution is -0.146. The van der Waals surface area contributed by atoms with Crippen molar-refractivity contribution in [3.05, 3.63) is 63.7 Å². The van der Waals surface area contributed by atoms with Crippen LogP contribution in [0.1, 0.15) is 47.9 Å². The predicted molar refractivity (Wildman–Crippen MR) is 127 cm³/mol. The number of fused-ring (bicyclic) bond motifs is 1. The first-order valence-corrected chi connectivity index (χ1v) is 12.0. The number of nitriles is 1. The second kappa shape index (κ2) is 10.4. The van der Waals surface area contributed by atoms with E-state index in [4.69, 9.17) is 16.3 Å². The van der Waals surface area contributed by atoms with Crippen molar-refractivity contribution in [2.45, 2.75) is 44.9 Å². The van der Waals surface area contributed by atoms with Gasteiger partial charge in [0.15, 0.2) is 0 Å².